The van der Waals surface area contributed by atoms with E-state index >= 15 is 0 Å². The summed E-state index contributed by atoms with van der Waals surface area (Å²) in [7, 11) is 0. The van der Waals surface area contributed by atoms with Crippen LogP contribution < -0.4 is 5.32 Å². The Hall–Kier alpha value is -1.94. The van der Waals surface area contributed by atoms with Crippen molar-refractivity contribution in [1.29, 1.82) is 0 Å². The van der Waals surface area contributed by atoms with Gasteiger partial charge in [-0.2, -0.15) is 0 Å². The molecule has 4 nitrogen and oxygen atoms in total. The maximum absolute atomic E-state index is 6.06. The summed E-state index contributed by atoms with van der Waals surface area (Å²) < 4.78 is 6.06. The zero-order valence-electron chi connectivity index (χ0n) is 11.4. The number of rotatable bonds is 5. The van der Waals surface area contributed by atoms with Crippen molar-refractivity contribution in [3.8, 4) is 0 Å². The highest BCUT2D eigenvalue weighted by molar-refractivity contribution is 5.25. The minimum Gasteiger partial charge on any atom is -0.371 e. The molecule has 1 fully saturated rings. The maximum Gasteiger partial charge on any atom is 0.222 e. The van der Waals surface area contributed by atoms with E-state index in [1.54, 1.807) is 12.4 Å². The van der Waals surface area contributed by atoms with Crippen LogP contribution in [0.5, 0.6) is 0 Å². The normalized spacial score (nSPS) is 21.8. The first-order valence-electron chi connectivity index (χ1n) is 7.11. The minimum atomic E-state index is 0.235. The van der Waals surface area contributed by atoms with Crippen LogP contribution in [0.4, 0.5) is 5.95 Å². The smallest absolute Gasteiger partial charge is 0.222 e. The van der Waals surface area contributed by atoms with Gasteiger partial charge in [0.15, 0.2) is 0 Å². The Morgan fingerprint density at radius 1 is 1.05 bits per heavy atom. The van der Waals surface area contributed by atoms with Crippen LogP contribution in [0.2, 0.25) is 0 Å². The summed E-state index contributed by atoms with van der Waals surface area (Å²) in [5.74, 6) is 0.688. The summed E-state index contributed by atoms with van der Waals surface area (Å²) in [6.07, 6.45) is 7.13. The number of benzene rings is 1. The Balaban J connectivity index is 1.56. The third-order valence-electron chi connectivity index (χ3n) is 3.64. The monoisotopic (exact) mass is 269 g/mol. The molecule has 0 unspecified atom stereocenters. The molecule has 1 N–H and O–H groups in total. The van der Waals surface area contributed by atoms with Crippen molar-refractivity contribution in [3.05, 3.63) is 54.4 Å². The van der Waals surface area contributed by atoms with E-state index in [1.165, 1.54) is 12.0 Å². The van der Waals surface area contributed by atoms with E-state index in [0.29, 0.717) is 18.6 Å². The van der Waals surface area contributed by atoms with Gasteiger partial charge in [0.1, 0.15) is 0 Å². The fourth-order valence-corrected chi connectivity index (χ4v) is 2.61. The van der Waals surface area contributed by atoms with Crippen molar-refractivity contribution < 1.29 is 4.74 Å². The predicted octanol–water partition coefficient (Wildman–Crippen LogP) is 3.03. The van der Waals surface area contributed by atoms with Crippen LogP contribution in [0, 0.1) is 0 Å². The highest BCUT2D eigenvalue weighted by atomic mass is 16.5. The minimum absolute atomic E-state index is 0.235. The zero-order chi connectivity index (χ0) is 13.6. The molecule has 0 radical (unpaired) electrons. The van der Waals surface area contributed by atoms with Crippen molar-refractivity contribution in [2.45, 2.75) is 38.0 Å². The van der Waals surface area contributed by atoms with Crippen molar-refractivity contribution >= 4 is 5.95 Å². The number of nitrogens with zero attached hydrogens (tertiary/aromatic N) is 2. The van der Waals surface area contributed by atoms with Crippen LogP contribution in [0.3, 0.4) is 0 Å². The average Bonchev–Trinajstić information content (AvgIpc) is 2.94. The molecule has 1 aliphatic carbocycles. The summed E-state index contributed by atoms with van der Waals surface area (Å²) in [5.41, 5.74) is 1.22. The molecule has 0 amide bonds. The number of hydrogen-bond acceptors (Lipinski definition) is 4. The lowest BCUT2D eigenvalue weighted by molar-refractivity contribution is 0.0393. The van der Waals surface area contributed by atoms with E-state index < -0.39 is 0 Å². The molecule has 0 saturated heterocycles. The second-order valence-corrected chi connectivity index (χ2v) is 5.09. The van der Waals surface area contributed by atoms with Crippen molar-refractivity contribution in [3.63, 3.8) is 0 Å². The van der Waals surface area contributed by atoms with E-state index in [0.717, 1.165) is 12.8 Å². The molecule has 2 aromatic rings. The third kappa shape index (κ3) is 3.33. The molecule has 104 valence electrons. The first-order chi connectivity index (χ1) is 9.92. The molecule has 1 aromatic carbocycles. The van der Waals surface area contributed by atoms with Gasteiger partial charge in [-0.1, -0.05) is 30.3 Å². The van der Waals surface area contributed by atoms with Gasteiger partial charge in [-0.25, -0.2) is 9.97 Å². The SMILES string of the molecule is c1ccc(CO[C@@H]2CCC[C@H]2Nc2ncccn2)cc1. The Morgan fingerprint density at radius 3 is 2.65 bits per heavy atom. The van der Waals surface area contributed by atoms with Gasteiger partial charge in [-0.3, -0.25) is 0 Å². The zero-order valence-corrected chi connectivity index (χ0v) is 11.4. The van der Waals surface area contributed by atoms with Crippen LogP contribution in [-0.2, 0) is 11.3 Å². The Kier molecular flexibility index (Phi) is 4.23. The first kappa shape index (κ1) is 13.1. The van der Waals surface area contributed by atoms with Gasteiger partial charge in [0.2, 0.25) is 5.95 Å². The van der Waals surface area contributed by atoms with E-state index in [-0.39, 0.29) is 6.10 Å². The van der Waals surface area contributed by atoms with Crippen molar-refractivity contribution in [1.82, 2.24) is 9.97 Å². The van der Waals surface area contributed by atoms with Gasteiger partial charge < -0.3 is 10.1 Å². The number of ether oxygens (including phenoxy) is 1. The summed E-state index contributed by atoms with van der Waals surface area (Å²) in [4.78, 5) is 8.43. The number of aromatic nitrogens is 2. The molecule has 20 heavy (non-hydrogen) atoms. The van der Waals surface area contributed by atoms with Crippen LogP contribution in [-0.4, -0.2) is 22.1 Å². The molecular formula is C16H19N3O. The third-order valence-corrected chi connectivity index (χ3v) is 3.64. The molecule has 0 spiro atoms. The maximum atomic E-state index is 6.06. The molecule has 0 bridgehead atoms. The van der Waals surface area contributed by atoms with Gasteiger partial charge in [0.05, 0.1) is 18.8 Å². The molecule has 1 aromatic heterocycles. The van der Waals surface area contributed by atoms with Crippen LogP contribution >= 0.6 is 0 Å². The predicted molar refractivity (Wildman–Crippen MR) is 78.3 cm³/mol. The van der Waals surface area contributed by atoms with Gasteiger partial charge in [0, 0.05) is 12.4 Å². The van der Waals surface area contributed by atoms with Gasteiger partial charge in [-0.15, -0.1) is 0 Å². The van der Waals surface area contributed by atoms with E-state index in [2.05, 4.69) is 27.4 Å². The molecule has 2 atom stereocenters. The Labute approximate surface area is 119 Å². The second-order valence-electron chi connectivity index (χ2n) is 5.09. The van der Waals surface area contributed by atoms with Crippen LogP contribution in [0.15, 0.2) is 48.8 Å². The highest BCUT2D eigenvalue weighted by Gasteiger charge is 2.28. The topological polar surface area (TPSA) is 47.0 Å². The van der Waals surface area contributed by atoms with Gasteiger partial charge in [0.25, 0.3) is 0 Å². The average molecular weight is 269 g/mol. The Bertz CT molecular complexity index is 518. The molecule has 3 rings (SSSR count). The van der Waals surface area contributed by atoms with E-state index in [1.807, 2.05) is 24.3 Å². The number of anilines is 1. The number of hydrogen-bond donors (Lipinski definition) is 1. The summed E-state index contributed by atoms with van der Waals surface area (Å²) in [5, 5.41) is 3.38. The highest BCUT2D eigenvalue weighted by Crippen LogP contribution is 2.25. The van der Waals surface area contributed by atoms with Gasteiger partial charge in [-0.05, 0) is 30.9 Å². The second kappa shape index (κ2) is 6.48. The summed E-state index contributed by atoms with van der Waals surface area (Å²) >= 11 is 0. The lowest BCUT2D eigenvalue weighted by atomic mass is 10.2. The molecule has 4 heteroatoms. The fourth-order valence-electron chi connectivity index (χ4n) is 2.61. The largest absolute Gasteiger partial charge is 0.371 e. The molecule has 1 heterocycles. The van der Waals surface area contributed by atoms with Crippen molar-refractivity contribution in [2.24, 2.45) is 0 Å². The van der Waals surface area contributed by atoms with Gasteiger partial charge >= 0.3 is 0 Å². The lowest BCUT2D eigenvalue weighted by Crippen LogP contribution is -2.31. The molecule has 1 aliphatic rings. The first-order valence-corrected chi connectivity index (χ1v) is 7.11. The van der Waals surface area contributed by atoms with Crippen LogP contribution in [0.1, 0.15) is 24.8 Å². The lowest BCUT2D eigenvalue weighted by Gasteiger charge is -2.21. The Morgan fingerprint density at radius 2 is 1.85 bits per heavy atom. The summed E-state index contributed by atoms with van der Waals surface area (Å²) in [6.45, 7) is 0.666. The summed E-state index contributed by atoms with van der Waals surface area (Å²) in [6, 6.07) is 12.4. The number of nitrogens with one attached hydrogen (secondary N) is 1. The standard InChI is InChI=1S/C16H19N3O/c1-2-6-13(7-3-1)12-20-15-9-4-8-14(15)19-16-17-10-5-11-18-16/h1-3,5-7,10-11,14-15H,4,8-9,12H2,(H,17,18,19)/t14-,15-/m1/s1. The van der Waals surface area contributed by atoms with E-state index in [9.17, 15) is 0 Å². The molecule has 0 aliphatic heterocycles. The van der Waals surface area contributed by atoms with E-state index in [4.69, 9.17) is 4.74 Å². The quantitative estimate of drug-likeness (QED) is 0.906. The molecular weight excluding hydrogens is 250 g/mol. The molecule has 1 saturated carbocycles. The fraction of sp³-hybridized carbons (Fsp3) is 0.375. The van der Waals surface area contributed by atoms with Crippen LogP contribution in [0.25, 0.3) is 0 Å². The van der Waals surface area contributed by atoms with Crippen molar-refractivity contribution in [2.75, 3.05) is 5.32 Å².